The van der Waals surface area contributed by atoms with E-state index in [0.29, 0.717) is 19.8 Å². The van der Waals surface area contributed by atoms with Gasteiger partial charge < -0.3 is 15.2 Å². The van der Waals surface area contributed by atoms with Crippen LogP contribution in [0.25, 0.3) is 0 Å². The van der Waals surface area contributed by atoms with Crippen molar-refractivity contribution in [2.75, 3.05) is 19.8 Å². The van der Waals surface area contributed by atoms with Crippen LogP contribution in [-0.4, -0.2) is 19.8 Å². The first-order valence-electron chi connectivity index (χ1n) is 6.98. The van der Waals surface area contributed by atoms with Crippen LogP contribution in [0.15, 0.2) is 54.6 Å². The highest BCUT2D eigenvalue weighted by Crippen LogP contribution is 2.19. The Kier molecular flexibility index (Phi) is 5.93. The van der Waals surface area contributed by atoms with Gasteiger partial charge in [0.2, 0.25) is 0 Å². The minimum absolute atomic E-state index is 0.516. The lowest BCUT2D eigenvalue weighted by Crippen LogP contribution is -2.10. The molecule has 2 N–H and O–H groups in total. The average molecular weight is 271 g/mol. The zero-order valence-electron chi connectivity index (χ0n) is 11.6. The van der Waals surface area contributed by atoms with Crippen LogP contribution in [-0.2, 0) is 6.42 Å². The van der Waals surface area contributed by atoms with Crippen molar-refractivity contribution in [2.45, 2.75) is 12.8 Å². The Labute approximate surface area is 120 Å². The fourth-order valence-electron chi connectivity index (χ4n) is 1.94. The molecule has 0 spiro atoms. The molecular weight excluding hydrogens is 250 g/mol. The molecule has 0 aliphatic carbocycles. The van der Waals surface area contributed by atoms with Crippen molar-refractivity contribution < 1.29 is 9.47 Å². The summed E-state index contributed by atoms with van der Waals surface area (Å²) in [6.07, 6.45) is 2.03. The number of ether oxygens (including phenoxy) is 2. The van der Waals surface area contributed by atoms with Gasteiger partial charge in [0, 0.05) is 12.6 Å². The molecule has 2 rings (SSSR count). The van der Waals surface area contributed by atoms with Crippen molar-refractivity contribution in [3.8, 4) is 11.5 Å². The maximum absolute atomic E-state index is 5.74. The number of nitrogens with two attached hydrogens (primary N) is 1. The van der Waals surface area contributed by atoms with E-state index in [1.165, 1.54) is 5.56 Å². The highest BCUT2D eigenvalue weighted by molar-refractivity contribution is 5.32. The van der Waals surface area contributed by atoms with Crippen LogP contribution in [0.2, 0.25) is 0 Å². The molecule has 0 amide bonds. The van der Waals surface area contributed by atoms with Crippen LogP contribution < -0.4 is 15.2 Å². The van der Waals surface area contributed by atoms with Crippen molar-refractivity contribution in [3.05, 3.63) is 60.2 Å². The standard InChI is InChI=1S/C17H21NO2/c18-11-13-20-17-10-4-9-16(14-17)19-12-5-8-15-6-2-1-3-7-15/h1-4,6-7,9-10,14H,5,8,11-13,18H2. The second-order valence-electron chi connectivity index (χ2n) is 4.55. The number of aryl methyl sites for hydroxylation is 1. The molecule has 3 heteroatoms. The largest absolute Gasteiger partial charge is 0.493 e. The smallest absolute Gasteiger partial charge is 0.123 e. The second-order valence-corrected chi connectivity index (χ2v) is 4.55. The summed E-state index contributed by atoms with van der Waals surface area (Å²) in [7, 11) is 0. The Balaban J connectivity index is 1.73. The summed E-state index contributed by atoms with van der Waals surface area (Å²) in [5, 5.41) is 0. The lowest BCUT2D eigenvalue weighted by molar-refractivity contribution is 0.301. The van der Waals surface area contributed by atoms with Gasteiger partial charge >= 0.3 is 0 Å². The van der Waals surface area contributed by atoms with Crippen LogP contribution in [0.5, 0.6) is 11.5 Å². The van der Waals surface area contributed by atoms with Crippen molar-refractivity contribution >= 4 is 0 Å². The van der Waals surface area contributed by atoms with Crippen molar-refractivity contribution in [3.63, 3.8) is 0 Å². The minimum atomic E-state index is 0.516. The molecule has 0 heterocycles. The first-order chi connectivity index (χ1) is 9.88. The van der Waals surface area contributed by atoms with Gasteiger partial charge in [-0.2, -0.15) is 0 Å². The van der Waals surface area contributed by atoms with Crippen molar-refractivity contribution in [1.82, 2.24) is 0 Å². The fourth-order valence-corrected chi connectivity index (χ4v) is 1.94. The van der Waals surface area contributed by atoms with Gasteiger partial charge in [0.25, 0.3) is 0 Å². The van der Waals surface area contributed by atoms with E-state index in [9.17, 15) is 0 Å². The normalized spacial score (nSPS) is 10.2. The third-order valence-corrected chi connectivity index (χ3v) is 2.91. The Morgan fingerprint density at radius 1 is 0.800 bits per heavy atom. The van der Waals surface area contributed by atoms with Crippen LogP contribution >= 0.6 is 0 Å². The highest BCUT2D eigenvalue weighted by Gasteiger charge is 1.98. The average Bonchev–Trinajstić information content (AvgIpc) is 2.51. The molecule has 0 aliphatic rings. The number of benzene rings is 2. The van der Waals surface area contributed by atoms with Gasteiger partial charge in [-0.25, -0.2) is 0 Å². The molecule has 0 aromatic heterocycles. The van der Waals surface area contributed by atoms with E-state index in [2.05, 4.69) is 24.3 Å². The summed E-state index contributed by atoms with van der Waals surface area (Å²) in [5.74, 6) is 1.64. The molecule has 0 aliphatic heterocycles. The first kappa shape index (κ1) is 14.4. The third kappa shape index (κ3) is 4.94. The topological polar surface area (TPSA) is 44.5 Å². The molecule has 0 radical (unpaired) electrons. The summed E-state index contributed by atoms with van der Waals surface area (Å²) >= 11 is 0. The quantitative estimate of drug-likeness (QED) is 0.751. The zero-order chi connectivity index (χ0) is 14.0. The second kappa shape index (κ2) is 8.23. The van der Waals surface area contributed by atoms with Gasteiger partial charge in [-0.15, -0.1) is 0 Å². The van der Waals surface area contributed by atoms with Gasteiger partial charge in [0.15, 0.2) is 0 Å². The molecular formula is C17H21NO2. The predicted octanol–water partition coefficient (Wildman–Crippen LogP) is 3.04. The third-order valence-electron chi connectivity index (χ3n) is 2.91. The summed E-state index contributed by atoms with van der Waals surface area (Å²) in [6, 6.07) is 18.1. The van der Waals surface area contributed by atoms with E-state index in [4.69, 9.17) is 15.2 Å². The van der Waals surface area contributed by atoms with Crippen LogP contribution in [0.3, 0.4) is 0 Å². The summed E-state index contributed by atoms with van der Waals surface area (Å²) < 4.78 is 11.2. The van der Waals surface area contributed by atoms with Gasteiger partial charge in [-0.1, -0.05) is 36.4 Å². The van der Waals surface area contributed by atoms with Crippen molar-refractivity contribution in [1.29, 1.82) is 0 Å². The van der Waals surface area contributed by atoms with Crippen LogP contribution in [0.1, 0.15) is 12.0 Å². The molecule has 0 bridgehead atoms. The van der Waals surface area contributed by atoms with Crippen LogP contribution in [0, 0.1) is 0 Å². The number of rotatable bonds is 8. The predicted molar refractivity (Wildman–Crippen MR) is 81.2 cm³/mol. The van der Waals surface area contributed by atoms with Gasteiger partial charge in [0.1, 0.15) is 18.1 Å². The maximum atomic E-state index is 5.74. The Morgan fingerprint density at radius 3 is 2.20 bits per heavy atom. The fraction of sp³-hybridized carbons (Fsp3) is 0.294. The van der Waals surface area contributed by atoms with E-state index < -0.39 is 0 Å². The summed E-state index contributed by atoms with van der Waals surface area (Å²) in [4.78, 5) is 0. The van der Waals surface area contributed by atoms with Gasteiger partial charge in [0.05, 0.1) is 6.61 Å². The molecule has 0 fully saturated rings. The first-order valence-corrected chi connectivity index (χ1v) is 6.98. The van der Waals surface area contributed by atoms with Crippen LogP contribution in [0.4, 0.5) is 0 Å². The van der Waals surface area contributed by atoms with E-state index in [1.807, 2.05) is 30.3 Å². The van der Waals surface area contributed by atoms with Crippen molar-refractivity contribution in [2.24, 2.45) is 5.73 Å². The molecule has 20 heavy (non-hydrogen) atoms. The van der Waals surface area contributed by atoms with E-state index in [1.54, 1.807) is 0 Å². The lowest BCUT2D eigenvalue weighted by Gasteiger charge is -2.09. The van der Waals surface area contributed by atoms with E-state index in [0.717, 1.165) is 24.3 Å². The monoisotopic (exact) mass is 271 g/mol. The molecule has 0 atom stereocenters. The number of hydrogen-bond acceptors (Lipinski definition) is 3. The molecule has 106 valence electrons. The summed E-state index contributed by atoms with van der Waals surface area (Å²) in [6.45, 7) is 1.74. The SMILES string of the molecule is NCCOc1cccc(OCCCc2ccccc2)c1. The Morgan fingerprint density at radius 2 is 1.50 bits per heavy atom. The molecule has 0 saturated carbocycles. The van der Waals surface area contributed by atoms with Gasteiger partial charge in [-0.3, -0.25) is 0 Å². The highest BCUT2D eigenvalue weighted by atomic mass is 16.5. The minimum Gasteiger partial charge on any atom is -0.493 e. The summed E-state index contributed by atoms with van der Waals surface area (Å²) in [5.41, 5.74) is 6.76. The zero-order valence-corrected chi connectivity index (χ0v) is 11.6. The van der Waals surface area contributed by atoms with E-state index >= 15 is 0 Å². The Hall–Kier alpha value is -2.00. The maximum Gasteiger partial charge on any atom is 0.123 e. The molecule has 0 unspecified atom stereocenters. The molecule has 2 aromatic rings. The van der Waals surface area contributed by atoms with Gasteiger partial charge in [-0.05, 0) is 30.5 Å². The Bertz CT molecular complexity index is 499. The molecule has 2 aromatic carbocycles. The molecule has 3 nitrogen and oxygen atoms in total. The van der Waals surface area contributed by atoms with E-state index in [-0.39, 0.29) is 0 Å². The molecule has 0 saturated heterocycles. The lowest BCUT2D eigenvalue weighted by atomic mass is 10.1. The number of hydrogen-bond donors (Lipinski definition) is 1.